The maximum absolute atomic E-state index is 12.2. The van der Waals surface area contributed by atoms with Crippen LogP contribution in [0.5, 0.6) is 5.75 Å². The Bertz CT molecular complexity index is 873. The van der Waals surface area contributed by atoms with Gasteiger partial charge in [0.1, 0.15) is 9.96 Å². The summed E-state index contributed by atoms with van der Waals surface area (Å²) in [7, 11) is -1.67. The molecule has 2 N–H and O–H groups in total. The van der Waals surface area contributed by atoms with Crippen molar-refractivity contribution in [1.29, 1.82) is 0 Å². The fourth-order valence-electron chi connectivity index (χ4n) is 2.42. The van der Waals surface area contributed by atoms with Crippen molar-refractivity contribution in [3.63, 3.8) is 0 Å². The van der Waals surface area contributed by atoms with Gasteiger partial charge in [-0.2, -0.15) is 8.78 Å². The van der Waals surface area contributed by atoms with Crippen molar-refractivity contribution in [2.45, 2.75) is 24.3 Å². The Morgan fingerprint density at radius 3 is 2.59 bits per heavy atom. The van der Waals surface area contributed by atoms with Crippen molar-refractivity contribution in [2.24, 2.45) is 4.99 Å². The molecule has 0 radical (unpaired) electrons. The molecule has 2 aromatic rings. The molecule has 0 saturated heterocycles. The van der Waals surface area contributed by atoms with Crippen molar-refractivity contribution in [3.05, 3.63) is 47.3 Å². The molecule has 0 bridgehead atoms. The highest BCUT2D eigenvalue weighted by atomic mass is 32.2. The van der Waals surface area contributed by atoms with Gasteiger partial charge in [-0.25, -0.2) is 13.1 Å². The van der Waals surface area contributed by atoms with Crippen molar-refractivity contribution in [3.8, 4) is 5.75 Å². The van der Waals surface area contributed by atoms with Gasteiger partial charge in [-0.1, -0.05) is 18.2 Å². The van der Waals surface area contributed by atoms with E-state index in [4.69, 9.17) is 0 Å². The van der Waals surface area contributed by atoms with Crippen molar-refractivity contribution < 1.29 is 21.9 Å². The number of rotatable bonds is 10. The molecule has 160 valence electrons. The Morgan fingerprint density at radius 1 is 1.28 bits per heavy atom. The predicted octanol–water partition coefficient (Wildman–Crippen LogP) is 2.73. The van der Waals surface area contributed by atoms with E-state index in [1.54, 1.807) is 29.6 Å². The highest BCUT2D eigenvalue weighted by Crippen LogP contribution is 2.16. The number of hydrogen-bond donors (Lipinski definition) is 2. The first-order valence-corrected chi connectivity index (χ1v) is 11.2. The number of thiophene rings is 1. The summed E-state index contributed by atoms with van der Waals surface area (Å²) in [5.74, 6) is 0.709. The van der Waals surface area contributed by atoms with Crippen LogP contribution in [0.3, 0.4) is 0 Å². The molecule has 29 heavy (non-hydrogen) atoms. The van der Waals surface area contributed by atoms with E-state index in [-0.39, 0.29) is 23.0 Å². The Labute approximate surface area is 173 Å². The molecule has 7 nitrogen and oxygen atoms in total. The SMILES string of the molecule is CCNC(=NCCNS(=O)(=O)c1cccs1)N(C)Cc1ccc(OC(F)F)cc1. The van der Waals surface area contributed by atoms with Crippen LogP contribution in [0.25, 0.3) is 0 Å². The number of aliphatic imine (C=N–C) groups is 1. The van der Waals surface area contributed by atoms with E-state index in [9.17, 15) is 17.2 Å². The van der Waals surface area contributed by atoms with Gasteiger partial charge in [0, 0.05) is 26.7 Å². The summed E-state index contributed by atoms with van der Waals surface area (Å²) < 4.78 is 55.8. The first kappa shape index (κ1) is 23.0. The topological polar surface area (TPSA) is 83.0 Å². The van der Waals surface area contributed by atoms with Gasteiger partial charge in [0.15, 0.2) is 5.96 Å². The fourth-order valence-corrected chi connectivity index (χ4v) is 4.48. The molecule has 0 aliphatic heterocycles. The van der Waals surface area contributed by atoms with Crippen LogP contribution in [-0.2, 0) is 16.6 Å². The summed E-state index contributed by atoms with van der Waals surface area (Å²) in [6, 6.07) is 9.60. The van der Waals surface area contributed by atoms with Crippen molar-refractivity contribution in [1.82, 2.24) is 14.9 Å². The van der Waals surface area contributed by atoms with Crippen LogP contribution in [0.1, 0.15) is 12.5 Å². The number of hydrogen-bond acceptors (Lipinski definition) is 5. The second kappa shape index (κ2) is 11.1. The zero-order valence-corrected chi connectivity index (χ0v) is 17.8. The first-order valence-electron chi connectivity index (χ1n) is 8.88. The van der Waals surface area contributed by atoms with E-state index in [1.807, 2.05) is 18.9 Å². The van der Waals surface area contributed by atoms with E-state index in [0.29, 0.717) is 19.0 Å². The third-order valence-corrected chi connectivity index (χ3v) is 6.55. The van der Waals surface area contributed by atoms with Crippen LogP contribution in [0, 0.1) is 0 Å². The van der Waals surface area contributed by atoms with Crippen LogP contribution in [0.15, 0.2) is 51.0 Å². The van der Waals surface area contributed by atoms with Crippen molar-refractivity contribution >= 4 is 27.3 Å². The molecule has 0 fully saturated rings. The third-order valence-electron chi connectivity index (χ3n) is 3.69. The number of benzene rings is 1. The van der Waals surface area contributed by atoms with Crippen LogP contribution in [0.2, 0.25) is 0 Å². The smallest absolute Gasteiger partial charge is 0.387 e. The van der Waals surface area contributed by atoms with Gasteiger partial charge in [-0.05, 0) is 36.1 Å². The monoisotopic (exact) mass is 446 g/mol. The van der Waals surface area contributed by atoms with Crippen LogP contribution >= 0.6 is 11.3 Å². The van der Waals surface area contributed by atoms with E-state index in [1.165, 1.54) is 12.1 Å². The first-order chi connectivity index (χ1) is 13.8. The highest BCUT2D eigenvalue weighted by molar-refractivity contribution is 7.91. The minimum Gasteiger partial charge on any atom is -0.435 e. The second-order valence-electron chi connectivity index (χ2n) is 5.94. The second-order valence-corrected chi connectivity index (χ2v) is 8.89. The maximum atomic E-state index is 12.2. The standard InChI is InChI=1S/C18H24F2N4O3S2/c1-3-21-18(22-10-11-23-29(25,26)16-5-4-12-28-16)24(2)13-14-6-8-15(9-7-14)27-17(19)20/h4-9,12,17,23H,3,10-11,13H2,1-2H3,(H,21,22). The summed E-state index contributed by atoms with van der Waals surface area (Å²) in [4.78, 5) is 6.30. The molecular formula is C18H24F2N4O3S2. The quantitative estimate of drug-likeness (QED) is 0.333. The molecular weight excluding hydrogens is 422 g/mol. The van der Waals surface area contributed by atoms with E-state index < -0.39 is 16.6 Å². The largest absolute Gasteiger partial charge is 0.435 e. The molecule has 1 heterocycles. The number of alkyl halides is 2. The molecule has 0 unspecified atom stereocenters. The summed E-state index contributed by atoms with van der Waals surface area (Å²) >= 11 is 1.16. The van der Waals surface area contributed by atoms with Crippen LogP contribution < -0.4 is 14.8 Å². The lowest BCUT2D eigenvalue weighted by molar-refractivity contribution is -0.0498. The number of nitrogens with one attached hydrogen (secondary N) is 2. The maximum Gasteiger partial charge on any atom is 0.387 e. The predicted molar refractivity (Wildman–Crippen MR) is 110 cm³/mol. The van der Waals surface area contributed by atoms with Crippen LogP contribution in [0.4, 0.5) is 8.78 Å². The molecule has 0 aliphatic rings. The molecule has 1 aromatic carbocycles. The minimum atomic E-state index is -3.51. The Balaban J connectivity index is 1.91. The van der Waals surface area contributed by atoms with Gasteiger partial charge in [0.05, 0.1) is 6.54 Å². The van der Waals surface area contributed by atoms with E-state index in [2.05, 4.69) is 19.8 Å². The van der Waals surface area contributed by atoms with Crippen LogP contribution in [-0.4, -0.2) is 52.6 Å². The van der Waals surface area contributed by atoms with Gasteiger partial charge >= 0.3 is 6.61 Å². The van der Waals surface area contributed by atoms with Gasteiger partial charge in [0.25, 0.3) is 0 Å². The molecule has 0 spiro atoms. The molecule has 1 aromatic heterocycles. The van der Waals surface area contributed by atoms with Crippen molar-refractivity contribution in [2.75, 3.05) is 26.7 Å². The fraction of sp³-hybridized carbons (Fsp3) is 0.389. The Morgan fingerprint density at radius 2 is 2.00 bits per heavy atom. The summed E-state index contributed by atoms with van der Waals surface area (Å²) in [5.41, 5.74) is 0.887. The number of sulfonamides is 1. The number of ether oxygens (including phenoxy) is 1. The number of nitrogens with zero attached hydrogens (tertiary/aromatic N) is 2. The third kappa shape index (κ3) is 7.59. The summed E-state index contributed by atoms with van der Waals surface area (Å²) in [5, 5.41) is 4.85. The molecule has 11 heteroatoms. The minimum absolute atomic E-state index is 0.102. The highest BCUT2D eigenvalue weighted by Gasteiger charge is 2.14. The average Bonchev–Trinajstić information content (AvgIpc) is 3.21. The van der Waals surface area contributed by atoms with Gasteiger partial charge in [-0.15, -0.1) is 11.3 Å². The molecule has 0 saturated carbocycles. The van der Waals surface area contributed by atoms with Gasteiger partial charge in [-0.3, -0.25) is 4.99 Å². The summed E-state index contributed by atoms with van der Waals surface area (Å²) in [6.45, 7) is 0.640. The molecule has 0 atom stereocenters. The molecule has 0 amide bonds. The van der Waals surface area contributed by atoms with E-state index >= 15 is 0 Å². The lowest BCUT2D eigenvalue weighted by Gasteiger charge is -2.22. The molecule has 2 rings (SSSR count). The Hall–Kier alpha value is -2.24. The number of guanidine groups is 1. The normalized spacial score (nSPS) is 12.2. The zero-order valence-electron chi connectivity index (χ0n) is 16.1. The summed E-state index contributed by atoms with van der Waals surface area (Å²) in [6.07, 6.45) is 0. The van der Waals surface area contributed by atoms with E-state index in [0.717, 1.165) is 16.9 Å². The van der Waals surface area contributed by atoms with Gasteiger partial charge < -0.3 is 15.0 Å². The zero-order chi connectivity index (χ0) is 21.3. The van der Waals surface area contributed by atoms with Gasteiger partial charge in [0.2, 0.25) is 10.0 Å². The number of halogens is 2. The lowest BCUT2D eigenvalue weighted by Crippen LogP contribution is -2.39. The average molecular weight is 447 g/mol. The lowest BCUT2D eigenvalue weighted by atomic mass is 10.2. The molecule has 0 aliphatic carbocycles. The Kier molecular flexibility index (Phi) is 8.80.